The molecular weight excluding hydrogens is 656 g/mol. The molecule has 6 aromatic rings. The van der Waals surface area contributed by atoms with Crippen molar-refractivity contribution in [2.75, 3.05) is 49.7 Å². The molecule has 0 saturated carbocycles. The van der Waals surface area contributed by atoms with Crippen molar-refractivity contribution >= 4 is 57.1 Å². The minimum Gasteiger partial charge on any atom is -0.497 e. The van der Waals surface area contributed by atoms with Crippen LogP contribution in [0.2, 0.25) is 0 Å². The van der Waals surface area contributed by atoms with Crippen LogP contribution in [0.1, 0.15) is 31.8 Å². The Morgan fingerprint density at radius 3 is 0.673 bits per heavy atom. The van der Waals surface area contributed by atoms with Gasteiger partial charge in [-0.2, -0.15) is 0 Å². The predicted octanol–water partition coefficient (Wildman–Crippen LogP) is 9.47. The van der Waals surface area contributed by atoms with Crippen LogP contribution in [0, 0.1) is 0 Å². The van der Waals surface area contributed by atoms with Crippen molar-refractivity contribution in [3.63, 3.8) is 0 Å². The number of carbonyl (C=O) groups excluding carboxylic acids is 2. The Balaban J connectivity index is 1.39. The number of ether oxygens (including phenoxy) is 4. The number of ketones is 2. The van der Waals surface area contributed by atoms with Gasteiger partial charge < -0.3 is 40.2 Å². The molecule has 0 radical (unpaired) electrons. The van der Waals surface area contributed by atoms with E-state index in [1.54, 1.807) is 52.7 Å². The van der Waals surface area contributed by atoms with Crippen LogP contribution in [0.4, 0.5) is 45.5 Å². The maximum Gasteiger partial charge on any atom is 0.198 e. The van der Waals surface area contributed by atoms with Gasteiger partial charge in [-0.3, -0.25) is 9.59 Å². The normalized spacial score (nSPS) is 11.5. The molecule has 260 valence electrons. The van der Waals surface area contributed by atoms with Gasteiger partial charge in [0.15, 0.2) is 11.6 Å². The first-order valence-electron chi connectivity index (χ1n) is 16.5. The molecule has 0 heterocycles. The monoisotopic (exact) mass is 692 g/mol. The maximum absolute atomic E-state index is 15.1. The number of fused-ring (bicyclic) bond motifs is 2. The first-order valence-corrected chi connectivity index (χ1v) is 16.5. The zero-order valence-corrected chi connectivity index (χ0v) is 29.0. The largest absolute Gasteiger partial charge is 0.497 e. The fourth-order valence-corrected chi connectivity index (χ4v) is 6.13. The molecule has 1 aliphatic carbocycles. The Morgan fingerprint density at radius 1 is 0.308 bits per heavy atom. The van der Waals surface area contributed by atoms with E-state index in [1.165, 1.54) is 0 Å². The van der Waals surface area contributed by atoms with Gasteiger partial charge in [0.2, 0.25) is 0 Å². The Morgan fingerprint density at radius 2 is 0.500 bits per heavy atom. The highest BCUT2D eigenvalue weighted by Crippen LogP contribution is 2.44. The van der Waals surface area contributed by atoms with Gasteiger partial charge >= 0.3 is 0 Å². The second kappa shape index (κ2) is 14.5. The third-order valence-electron chi connectivity index (χ3n) is 8.80. The standard InChI is InChI=1S/C42H36N4O6/c1-49-29-13-5-25(6-14-29)43-33-21-22-34(44-26-7-15-30(50-2)16-8-26)38-37(33)41(47)39-35(45-27-9-17-31(51-3)18-10-27)23-24-36(40(39)42(38)48)46-28-11-19-32(52-4)20-12-28/h5-24,43-46H,1-4H3. The first kappa shape index (κ1) is 33.6. The summed E-state index contributed by atoms with van der Waals surface area (Å²) in [6, 6.07) is 36.6. The minimum absolute atomic E-state index is 0.242. The summed E-state index contributed by atoms with van der Waals surface area (Å²) in [6.45, 7) is 0. The summed E-state index contributed by atoms with van der Waals surface area (Å²) < 4.78 is 21.4. The molecule has 0 aromatic heterocycles. The second-order valence-corrected chi connectivity index (χ2v) is 11.9. The third-order valence-corrected chi connectivity index (χ3v) is 8.80. The minimum atomic E-state index is -0.326. The molecule has 0 unspecified atom stereocenters. The molecule has 0 aliphatic heterocycles. The van der Waals surface area contributed by atoms with Gasteiger partial charge in [0.05, 0.1) is 73.4 Å². The molecular formula is C42H36N4O6. The van der Waals surface area contributed by atoms with Gasteiger partial charge in [-0.1, -0.05) is 0 Å². The van der Waals surface area contributed by atoms with E-state index in [-0.39, 0.29) is 33.8 Å². The third kappa shape index (κ3) is 6.65. The van der Waals surface area contributed by atoms with Crippen LogP contribution in [-0.2, 0) is 0 Å². The van der Waals surface area contributed by atoms with Gasteiger partial charge in [0.1, 0.15) is 23.0 Å². The highest BCUT2D eigenvalue weighted by atomic mass is 16.5. The van der Waals surface area contributed by atoms with Crippen LogP contribution >= 0.6 is 0 Å². The summed E-state index contributed by atoms with van der Waals surface area (Å²) in [5, 5.41) is 13.5. The van der Waals surface area contributed by atoms with E-state index in [0.29, 0.717) is 45.7 Å². The summed E-state index contributed by atoms with van der Waals surface area (Å²) >= 11 is 0. The van der Waals surface area contributed by atoms with Gasteiger partial charge in [-0.05, 0) is 121 Å². The number of rotatable bonds is 12. The topological polar surface area (TPSA) is 119 Å². The lowest BCUT2D eigenvalue weighted by Crippen LogP contribution is -2.25. The average Bonchev–Trinajstić information content (AvgIpc) is 3.19. The summed E-state index contributed by atoms with van der Waals surface area (Å²) in [6.07, 6.45) is 0. The number of carbonyl (C=O) groups is 2. The molecule has 6 aromatic carbocycles. The fourth-order valence-electron chi connectivity index (χ4n) is 6.13. The summed E-state index contributed by atoms with van der Waals surface area (Å²) in [7, 11) is 6.41. The SMILES string of the molecule is COc1ccc(Nc2ccc(Nc3ccc(OC)cc3)c3c2C(=O)c2c(Nc4ccc(OC)cc4)ccc(Nc4ccc(OC)cc4)c2C3=O)cc1. The lowest BCUT2D eigenvalue weighted by Gasteiger charge is -2.27. The van der Waals surface area contributed by atoms with Crippen LogP contribution in [0.3, 0.4) is 0 Å². The van der Waals surface area contributed by atoms with Crippen LogP contribution in [0.5, 0.6) is 23.0 Å². The highest BCUT2D eigenvalue weighted by Gasteiger charge is 2.38. The van der Waals surface area contributed by atoms with E-state index in [9.17, 15) is 0 Å². The second-order valence-electron chi connectivity index (χ2n) is 11.9. The summed E-state index contributed by atoms with van der Waals surface area (Å²) in [5.41, 5.74) is 5.76. The number of anilines is 8. The highest BCUT2D eigenvalue weighted by molar-refractivity contribution is 6.35. The molecule has 10 nitrogen and oxygen atoms in total. The summed E-state index contributed by atoms with van der Waals surface area (Å²) in [5.74, 6) is 2.12. The number of methoxy groups -OCH3 is 4. The van der Waals surface area contributed by atoms with E-state index in [0.717, 1.165) is 22.7 Å². The molecule has 0 atom stereocenters. The number of nitrogens with one attached hydrogen (secondary N) is 4. The Labute approximate surface area is 301 Å². The molecule has 10 heteroatoms. The Hall–Kier alpha value is -6.94. The van der Waals surface area contributed by atoms with E-state index < -0.39 is 0 Å². The molecule has 0 bridgehead atoms. The zero-order valence-electron chi connectivity index (χ0n) is 29.0. The zero-order chi connectivity index (χ0) is 36.2. The van der Waals surface area contributed by atoms with Gasteiger partial charge in [0, 0.05) is 22.7 Å². The maximum atomic E-state index is 15.1. The van der Waals surface area contributed by atoms with E-state index in [4.69, 9.17) is 18.9 Å². The van der Waals surface area contributed by atoms with Crippen LogP contribution < -0.4 is 40.2 Å². The van der Waals surface area contributed by atoms with Crippen molar-refractivity contribution in [3.8, 4) is 23.0 Å². The molecule has 0 saturated heterocycles. The lowest BCUT2D eigenvalue weighted by atomic mass is 9.80. The van der Waals surface area contributed by atoms with Crippen molar-refractivity contribution in [1.82, 2.24) is 0 Å². The molecule has 0 amide bonds. The predicted molar refractivity (Wildman–Crippen MR) is 205 cm³/mol. The van der Waals surface area contributed by atoms with Crippen molar-refractivity contribution in [2.24, 2.45) is 0 Å². The van der Waals surface area contributed by atoms with Crippen molar-refractivity contribution in [3.05, 3.63) is 144 Å². The fraction of sp³-hybridized carbons (Fsp3) is 0.0952. The molecule has 4 N–H and O–H groups in total. The lowest BCUT2D eigenvalue weighted by molar-refractivity contribution is 0.0981. The van der Waals surface area contributed by atoms with Crippen molar-refractivity contribution in [2.45, 2.75) is 0 Å². The summed E-state index contributed by atoms with van der Waals surface area (Å²) in [4.78, 5) is 30.2. The Bertz CT molecular complexity index is 1930. The Kier molecular flexibility index (Phi) is 9.36. The van der Waals surface area contributed by atoms with Gasteiger partial charge in [-0.25, -0.2) is 0 Å². The van der Waals surface area contributed by atoms with Gasteiger partial charge in [-0.15, -0.1) is 0 Å². The molecule has 52 heavy (non-hydrogen) atoms. The van der Waals surface area contributed by atoms with Crippen LogP contribution in [0.15, 0.2) is 121 Å². The van der Waals surface area contributed by atoms with Gasteiger partial charge in [0.25, 0.3) is 0 Å². The number of benzene rings is 6. The molecule has 1 aliphatic rings. The number of hydrogen-bond acceptors (Lipinski definition) is 10. The molecule has 0 fully saturated rings. The molecule has 7 rings (SSSR count). The van der Waals surface area contributed by atoms with Crippen molar-refractivity contribution in [1.29, 1.82) is 0 Å². The quantitative estimate of drug-likeness (QED) is 0.0986. The van der Waals surface area contributed by atoms with E-state index in [2.05, 4.69) is 21.3 Å². The average molecular weight is 693 g/mol. The van der Waals surface area contributed by atoms with Crippen LogP contribution in [0.25, 0.3) is 0 Å². The molecule has 0 spiro atoms. The van der Waals surface area contributed by atoms with Crippen LogP contribution in [-0.4, -0.2) is 40.0 Å². The first-order chi connectivity index (χ1) is 25.4. The van der Waals surface area contributed by atoms with Crippen molar-refractivity contribution < 1.29 is 28.5 Å². The number of hydrogen-bond donors (Lipinski definition) is 4. The van der Waals surface area contributed by atoms with E-state index in [1.807, 2.05) is 97.1 Å². The van der Waals surface area contributed by atoms with E-state index >= 15 is 9.59 Å². The smallest absolute Gasteiger partial charge is 0.198 e.